The second-order valence-corrected chi connectivity index (χ2v) is 9.65. The minimum absolute atomic E-state index is 0.0496. The van der Waals surface area contributed by atoms with E-state index >= 15 is 0 Å². The monoisotopic (exact) mass is 411 g/mol. The van der Waals surface area contributed by atoms with Crippen LogP contribution in [0.4, 0.5) is 0 Å². The van der Waals surface area contributed by atoms with Crippen molar-refractivity contribution in [2.24, 2.45) is 0 Å². The molecule has 3 rings (SSSR count). The van der Waals surface area contributed by atoms with Gasteiger partial charge in [0.05, 0.1) is 17.6 Å². The molecule has 0 bridgehead atoms. The Bertz CT molecular complexity index is 1030. The van der Waals surface area contributed by atoms with Crippen LogP contribution in [0.15, 0.2) is 66.0 Å². The Morgan fingerprint density at radius 1 is 0.966 bits per heavy atom. The van der Waals surface area contributed by atoms with Crippen LogP contribution in [0, 0.1) is 6.92 Å². The number of nitrogens with zero attached hydrogens (tertiary/aromatic N) is 3. The lowest BCUT2D eigenvalue weighted by Gasteiger charge is -2.19. The molecule has 0 amide bonds. The number of hydrogen-bond acceptors (Lipinski definition) is 4. The second-order valence-electron chi connectivity index (χ2n) is 7.48. The summed E-state index contributed by atoms with van der Waals surface area (Å²) in [5, 5.41) is 0.176. The van der Waals surface area contributed by atoms with Gasteiger partial charge in [0, 0.05) is 19.6 Å². The first-order chi connectivity index (χ1) is 13.9. The first-order valence-electron chi connectivity index (χ1n) is 9.94. The van der Waals surface area contributed by atoms with Gasteiger partial charge >= 0.3 is 0 Å². The van der Waals surface area contributed by atoms with Gasteiger partial charge in [-0.3, -0.25) is 4.90 Å². The van der Waals surface area contributed by atoms with E-state index in [2.05, 4.69) is 53.2 Å². The summed E-state index contributed by atoms with van der Waals surface area (Å²) in [7, 11) is -1.33. The van der Waals surface area contributed by atoms with Crippen LogP contribution in [0.3, 0.4) is 0 Å². The standard InChI is InChI=1S/C23H29N3O2S/c1-4-29(27,28)23-24-16-22(26(23)15-14-20-8-6-5-7-9-20)18-25(3)17-21-12-10-19(2)11-13-21/h5-13,16H,4,14-15,17-18H2,1-3H3. The van der Waals surface area contributed by atoms with Crippen LogP contribution in [-0.2, 0) is 35.9 Å². The molecule has 0 saturated carbocycles. The topological polar surface area (TPSA) is 55.2 Å². The van der Waals surface area contributed by atoms with Gasteiger partial charge < -0.3 is 4.57 Å². The Morgan fingerprint density at radius 3 is 2.31 bits per heavy atom. The second kappa shape index (κ2) is 9.37. The number of aromatic nitrogens is 2. The van der Waals surface area contributed by atoms with E-state index in [0.717, 1.165) is 18.7 Å². The maximum atomic E-state index is 12.6. The van der Waals surface area contributed by atoms with Gasteiger partial charge in [0.25, 0.3) is 0 Å². The Kier molecular flexibility index (Phi) is 6.87. The van der Waals surface area contributed by atoms with Crippen LogP contribution in [0.1, 0.15) is 29.3 Å². The summed E-state index contributed by atoms with van der Waals surface area (Å²) in [4.78, 5) is 6.47. The van der Waals surface area contributed by atoms with Crippen LogP contribution in [0.25, 0.3) is 0 Å². The van der Waals surface area contributed by atoms with Crippen molar-refractivity contribution in [3.05, 3.63) is 83.2 Å². The molecule has 0 spiro atoms. The smallest absolute Gasteiger partial charge is 0.227 e. The molecule has 0 aliphatic heterocycles. The van der Waals surface area contributed by atoms with Crippen molar-refractivity contribution in [1.82, 2.24) is 14.5 Å². The lowest BCUT2D eigenvalue weighted by molar-refractivity contribution is 0.307. The van der Waals surface area contributed by atoms with E-state index in [1.54, 1.807) is 13.1 Å². The average molecular weight is 412 g/mol. The van der Waals surface area contributed by atoms with Gasteiger partial charge in [-0.1, -0.05) is 67.1 Å². The van der Waals surface area contributed by atoms with Gasteiger partial charge in [-0.2, -0.15) is 0 Å². The van der Waals surface area contributed by atoms with Gasteiger partial charge in [-0.05, 0) is 31.5 Å². The highest BCUT2D eigenvalue weighted by Gasteiger charge is 2.22. The molecule has 0 radical (unpaired) electrons. The number of rotatable bonds is 9. The van der Waals surface area contributed by atoms with Crippen molar-refractivity contribution in [3.63, 3.8) is 0 Å². The Hall–Kier alpha value is -2.44. The highest BCUT2D eigenvalue weighted by Crippen LogP contribution is 2.17. The summed E-state index contributed by atoms with van der Waals surface area (Å²) in [5.74, 6) is 0.0496. The molecule has 5 nitrogen and oxygen atoms in total. The molecule has 6 heteroatoms. The average Bonchev–Trinajstić information content (AvgIpc) is 3.12. The largest absolute Gasteiger partial charge is 0.317 e. The summed E-state index contributed by atoms with van der Waals surface area (Å²) in [6.45, 7) is 5.75. The van der Waals surface area contributed by atoms with E-state index < -0.39 is 9.84 Å². The zero-order valence-corrected chi connectivity index (χ0v) is 18.2. The van der Waals surface area contributed by atoms with Crippen molar-refractivity contribution in [3.8, 4) is 0 Å². The zero-order valence-electron chi connectivity index (χ0n) is 17.4. The maximum absolute atomic E-state index is 12.6. The van der Waals surface area contributed by atoms with Gasteiger partial charge in [-0.25, -0.2) is 13.4 Å². The lowest BCUT2D eigenvalue weighted by atomic mass is 10.1. The molecular formula is C23H29N3O2S. The first kappa shape index (κ1) is 21.3. The predicted octanol–water partition coefficient (Wildman–Crippen LogP) is 3.86. The number of hydrogen-bond donors (Lipinski definition) is 0. The van der Waals surface area contributed by atoms with E-state index in [-0.39, 0.29) is 10.9 Å². The molecule has 1 aromatic heterocycles. The summed E-state index contributed by atoms with van der Waals surface area (Å²) >= 11 is 0. The van der Waals surface area contributed by atoms with Crippen molar-refractivity contribution in [2.45, 2.75) is 45.1 Å². The molecular weight excluding hydrogens is 382 g/mol. The summed E-state index contributed by atoms with van der Waals surface area (Å²) in [6.07, 6.45) is 2.47. The van der Waals surface area contributed by atoms with Crippen molar-refractivity contribution < 1.29 is 8.42 Å². The number of sulfone groups is 1. The molecule has 3 aromatic rings. The molecule has 0 saturated heterocycles. The maximum Gasteiger partial charge on any atom is 0.227 e. The van der Waals surface area contributed by atoms with Crippen LogP contribution >= 0.6 is 0 Å². The van der Waals surface area contributed by atoms with E-state index in [9.17, 15) is 8.42 Å². The Labute approximate surface area is 173 Å². The third-order valence-electron chi connectivity index (χ3n) is 5.03. The van der Waals surface area contributed by atoms with E-state index in [0.29, 0.717) is 13.1 Å². The first-order valence-corrected chi connectivity index (χ1v) is 11.6. The van der Waals surface area contributed by atoms with Gasteiger partial charge in [0.1, 0.15) is 0 Å². The fourth-order valence-corrected chi connectivity index (χ4v) is 4.37. The third-order valence-corrected chi connectivity index (χ3v) is 6.67. The van der Waals surface area contributed by atoms with Crippen molar-refractivity contribution in [1.29, 1.82) is 0 Å². The number of imidazole rings is 1. The predicted molar refractivity (Wildman–Crippen MR) is 116 cm³/mol. The third kappa shape index (κ3) is 5.55. The van der Waals surface area contributed by atoms with Crippen molar-refractivity contribution in [2.75, 3.05) is 12.8 Å². The number of aryl methyl sites for hydroxylation is 2. The van der Waals surface area contributed by atoms with Crippen LogP contribution in [0.5, 0.6) is 0 Å². The lowest BCUT2D eigenvalue weighted by Crippen LogP contribution is -2.21. The fourth-order valence-electron chi connectivity index (χ4n) is 3.36. The molecule has 0 fully saturated rings. The van der Waals surface area contributed by atoms with Gasteiger partial charge in [0.2, 0.25) is 15.0 Å². The highest BCUT2D eigenvalue weighted by atomic mass is 32.2. The van der Waals surface area contributed by atoms with E-state index in [4.69, 9.17) is 0 Å². The SMILES string of the molecule is CCS(=O)(=O)c1ncc(CN(C)Cc2ccc(C)cc2)n1CCc1ccccc1. The van der Waals surface area contributed by atoms with Crippen molar-refractivity contribution >= 4 is 9.84 Å². The summed E-state index contributed by atoms with van der Waals surface area (Å²) in [6, 6.07) is 18.6. The quantitative estimate of drug-likeness (QED) is 0.537. The van der Waals surface area contributed by atoms with Gasteiger partial charge in [-0.15, -0.1) is 0 Å². The van der Waals surface area contributed by atoms with Gasteiger partial charge in [0.15, 0.2) is 0 Å². The molecule has 0 atom stereocenters. The number of benzene rings is 2. The summed E-state index contributed by atoms with van der Waals surface area (Å²) in [5.41, 5.74) is 4.57. The van der Waals surface area contributed by atoms with Crippen LogP contribution in [-0.4, -0.2) is 35.7 Å². The van der Waals surface area contributed by atoms with E-state index in [1.807, 2.05) is 29.8 Å². The molecule has 29 heavy (non-hydrogen) atoms. The molecule has 1 heterocycles. The molecule has 0 aliphatic rings. The minimum Gasteiger partial charge on any atom is -0.317 e. The minimum atomic E-state index is -3.38. The summed E-state index contributed by atoms with van der Waals surface area (Å²) < 4.78 is 27.0. The Balaban J connectivity index is 1.80. The molecule has 0 aliphatic carbocycles. The Morgan fingerprint density at radius 2 is 1.66 bits per heavy atom. The van der Waals surface area contributed by atoms with E-state index in [1.165, 1.54) is 16.7 Å². The highest BCUT2D eigenvalue weighted by molar-refractivity contribution is 7.91. The molecule has 0 unspecified atom stereocenters. The molecule has 2 aromatic carbocycles. The fraction of sp³-hybridized carbons (Fsp3) is 0.348. The normalized spacial score (nSPS) is 11.9. The van der Waals surface area contributed by atoms with Crippen LogP contribution < -0.4 is 0 Å². The molecule has 154 valence electrons. The molecule has 0 N–H and O–H groups in total. The van der Waals surface area contributed by atoms with Crippen LogP contribution in [0.2, 0.25) is 0 Å². The zero-order chi connectivity index (χ0) is 20.9.